The van der Waals surface area contributed by atoms with Gasteiger partial charge in [0.15, 0.2) is 5.82 Å². The fourth-order valence-corrected chi connectivity index (χ4v) is 3.48. The molecule has 1 atom stereocenters. The third-order valence-electron chi connectivity index (χ3n) is 5.22. The topological polar surface area (TPSA) is 71.4 Å². The minimum Gasteiger partial charge on any atom is -0.339 e. The quantitative estimate of drug-likeness (QED) is 0.894. The summed E-state index contributed by atoms with van der Waals surface area (Å²) >= 11 is 0. The number of aromatic nitrogens is 2. The van der Waals surface area contributed by atoms with Gasteiger partial charge >= 0.3 is 0 Å². The Morgan fingerprint density at radius 2 is 2.10 bits per heavy atom. The van der Waals surface area contributed by atoms with Gasteiger partial charge in [-0.1, -0.05) is 11.6 Å². The van der Waals surface area contributed by atoms with Gasteiger partial charge in [0.1, 0.15) is 0 Å². The van der Waals surface area contributed by atoms with Gasteiger partial charge < -0.3 is 15.2 Å². The Hall–Kier alpha value is -0.980. The van der Waals surface area contributed by atoms with E-state index in [0.29, 0.717) is 0 Å². The average molecular weight is 293 g/mol. The van der Waals surface area contributed by atoms with Gasteiger partial charge in [-0.3, -0.25) is 4.90 Å². The molecule has 0 bridgehead atoms. The first-order valence-electron chi connectivity index (χ1n) is 8.03. The number of nitrogens with zero attached hydrogens (tertiary/aromatic N) is 4. The number of rotatable bonds is 4. The Labute approximate surface area is 126 Å². The van der Waals surface area contributed by atoms with E-state index in [0.717, 1.165) is 44.3 Å². The van der Waals surface area contributed by atoms with Crippen LogP contribution in [0.3, 0.4) is 0 Å². The molecule has 1 saturated carbocycles. The van der Waals surface area contributed by atoms with Gasteiger partial charge in [-0.2, -0.15) is 4.98 Å². The Morgan fingerprint density at radius 3 is 2.76 bits per heavy atom. The third kappa shape index (κ3) is 3.12. The molecule has 2 N–H and O–H groups in total. The zero-order chi connectivity index (χ0) is 14.9. The van der Waals surface area contributed by atoms with Crippen LogP contribution in [-0.4, -0.2) is 60.2 Å². The number of nitrogens with two attached hydrogens (primary N) is 1. The van der Waals surface area contributed by atoms with E-state index in [1.165, 1.54) is 25.7 Å². The highest BCUT2D eigenvalue weighted by molar-refractivity contribution is 5.01. The molecule has 1 aliphatic carbocycles. The van der Waals surface area contributed by atoms with Crippen LogP contribution in [0, 0.1) is 5.41 Å². The highest BCUT2D eigenvalue weighted by atomic mass is 16.5. The molecular formula is C15H27N5O. The van der Waals surface area contributed by atoms with Crippen LogP contribution >= 0.6 is 0 Å². The standard InChI is InChI=1S/C15H27N5O/c1-19-7-4-8-20(2)12(10-19)14-17-13(21-18-14)9-15(11-16)5-3-6-15/h12H,3-11,16H2,1-2H3. The van der Waals surface area contributed by atoms with Crippen LogP contribution in [0.1, 0.15) is 43.4 Å². The van der Waals surface area contributed by atoms with E-state index in [2.05, 4.69) is 34.0 Å². The van der Waals surface area contributed by atoms with E-state index in [9.17, 15) is 0 Å². The second kappa shape index (κ2) is 6.02. The van der Waals surface area contributed by atoms with E-state index >= 15 is 0 Å². The molecular weight excluding hydrogens is 266 g/mol. The lowest BCUT2D eigenvalue weighted by Gasteiger charge is -2.39. The Bertz CT molecular complexity index is 465. The molecule has 21 heavy (non-hydrogen) atoms. The van der Waals surface area contributed by atoms with Crippen LogP contribution in [0.2, 0.25) is 0 Å². The van der Waals surface area contributed by atoms with Crippen molar-refractivity contribution in [3.63, 3.8) is 0 Å². The van der Waals surface area contributed by atoms with Gasteiger partial charge in [-0.15, -0.1) is 0 Å². The molecule has 2 fully saturated rings. The predicted octanol–water partition coefficient (Wildman–Crippen LogP) is 1.05. The SMILES string of the molecule is CN1CCCN(C)C(c2noc(CC3(CN)CCC3)n2)C1. The molecule has 1 unspecified atom stereocenters. The molecule has 0 aromatic carbocycles. The van der Waals surface area contributed by atoms with Crippen molar-refractivity contribution in [2.45, 2.75) is 38.1 Å². The summed E-state index contributed by atoms with van der Waals surface area (Å²) in [7, 11) is 4.30. The molecule has 6 heteroatoms. The normalized spacial score (nSPS) is 27.3. The first kappa shape index (κ1) is 14.9. The number of hydrogen-bond donors (Lipinski definition) is 1. The largest absolute Gasteiger partial charge is 0.339 e. The van der Waals surface area contributed by atoms with E-state index < -0.39 is 0 Å². The minimum absolute atomic E-state index is 0.218. The monoisotopic (exact) mass is 293 g/mol. The molecule has 0 radical (unpaired) electrons. The second-order valence-corrected chi connectivity index (χ2v) is 6.89. The summed E-state index contributed by atoms with van der Waals surface area (Å²) in [5.74, 6) is 1.59. The lowest BCUT2D eigenvalue weighted by atomic mass is 9.67. The van der Waals surface area contributed by atoms with Crippen molar-refractivity contribution in [1.29, 1.82) is 0 Å². The fourth-order valence-electron chi connectivity index (χ4n) is 3.48. The first-order chi connectivity index (χ1) is 10.1. The second-order valence-electron chi connectivity index (χ2n) is 6.89. The Morgan fingerprint density at radius 1 is 1.29 bits per heavy atom. The van der Waals surface area contributed by atoms with Crippen molar-refractivity contribution < 1.29 is 4.52 Å². The van der Waals surface area contributed by atoms with Crippen molar-refractivity contribution in [2.75, 3.05) is 40.3 Å². The van der Waals surface area contributed by atoms with Crippen molar-refractivity contribution in [3.8, 4) is 0 Å². The van der Waals surface area contributed by atoms with E-state index in [1.54, 1.807) is 0 Å². The Balaban J connectivity index is 1.71. The van der Waals surface area contributed by atoms with Crippen LogP contribution in [-0.2, 0) is 6.42 Å². The molecule has 2 aliphatic rings. The van der Waals surface area contributed by atoms with Crippen molar-refractivity contribution in [3.05, 3.63) is 11.7 Å². The van der Waals surface area contributed by atoms with Crippen LogP contribution in [0.4, 0.5) is 0 Å². The summed E-state index contributed by atoms with van der Waals surface area (Å²) < 4.78 is 5.51. The average Bonchev–Trinajstić information content (AvgIpc) is 2.81. The third-order valence-corrected chi connectivity index (χ3v) is 5.22. The Kier molecular flexibility index (Phi) is 4.28. The molecule has 1 aromatic heterocycles. The predicted molar refractivity (Wildman–Crippen MR) is 80.8 cm³/mol. The molecule has 118 valence electrons. The summed E-state index contributed by atoms with van der Waals surface area (Å²) in [6.45, 7) is 3.88. The van der Waals surface area contributed by atoms with Crippen LogP contribution < -0.4 is 5.73 Å². The first-order valence-corrected chi connectivity index (χ1v) is 8.03. The number of hydrogen-bond acceptors (Lipinski definition) is 6. The van der Waals surface area contributed by atoms with Crippen LogP contribution in [0.5, 0.6) is 0 Å². The lowest BCUT2D eigenvalue weighted by Crippen LogP contribution is -2.39. The summed E-state index contributed by atoms with van der Waals surface area (Å²) in [6, 6.07) is 0.227. The van der Waals surface area contributed by atoms with Gasteiger partial charge in [-0.05, 0) is 58.4 Å². The molecule has 0 spiro atoms. The summed E-state index contributed by atoms with van der Waals surface area (Å²) in [5, 5.41) is 4.25. The van der Waals surface area contributed by atoms with Crippen molar-refractivity contribution in [2.24, 2.45) is 11.1 Å². The van der Waals surface area contributed by atoms with Gasteiger partial charge in [0.25, 0.3) is 0 Å². The summed E-state index contributed by atoms with van der Waals surface area (Å²) in [5.41, 5.74) is 6.14. The van der Waals surface area contributed by atoms with E-state index in [4.69, 9.17) is 10.3 Å². The van der Waals surface area contributed by atoms with E-state index in [1.807, 2.05) is 0 Å². The molecule has 1 aromatic rings. The summed E-state index contributed by atoms with van der Waals surface area (Å²) in [6.07, 6.45) is 5.67. The highest BCUT2D eigenvalue weighted by Gasteiger charge is 2.38. The zero-order valence-electron chi connectivity index (χ0n) is 13.2. The molecule has 1 aliphatic heterocycles. The van der Waals surface area contributed by atoms with Crippen molar-refractivity contribution >= 4 is 0 Å². The number of likely N-dealkylation sites (N-methyl/N-ethyl adjacent to an activating group) is 2. The zero-order valence-corrected chi connectivity index (χ0v) is 13.2. The van der Waals surface area contributed by atoms with E-state index in [-0.39, 0.29) is 11.5 Å². The van der Waals surface area contributed by atoms with Gasteiger partial charge in [-0.25, -0.2) is 0 Å². The fraction of sp³-hybridized carbons (Fsp3) is 0.867. The van der Waals surface area contributed by atoms with Crippen LogP contribution in [0.15, 0.2) is 4.52 Å². The van der Waals surface area contributed by atoms with Gasteiger partial charge in [0.2, 0.25) is 5.89 Å². The molecule has 3 rings (SSSR count). The minimum atomic E-state index is 0.218. The molecule has 2 heterocycles. The van der Waals surface area contributed by atoms with Crippen LogP contribution in [0.25, 0.3) is 0 Å². The lowest BCUT2D eigenvalue weighted by molar-refractivity contribution is 0.129. The maximum atomic E-state index is 5.92. The summed E-state index contributed by atoms with van der Waals surface area (Å²) in [4.78, 5) is 9.35. The van der Waals surface area contributed by atoms with Gasteiger partial charge in [0, 0.05) is 13.0 Å². The smallest absolute Gasteiger partial charge is 0.227 e. The maximum Gasteiger partial charge on any atom is 0.227 e. The molecule has 0 amide bonds. The van der Waals surface area contributed by atoms with Gasteiger partial charge in [0.05, 0.1) is 6.04 Å². The molecule has 6 nitrogen and oxygen atoms in total. The van der Waals surface area contributed by atoms with Crippen molar-refractivity contribution in [1.82, 2.24) is 19.9 Å². The molecule has 1 saturated heterocycles. The maximum absolute atomic E-state index is 5.92. The highest BCUT2D eigenvalue weighted by Crippen LogP contribution is 2.42.